The Morgan fingerprint density at radius 3 is 2.15 bits per heavy atom. The van der Waals surface area contributed by atoms with Crippen LogP contribution in [0.25, 0.3) is 0 Å². The number of piperidine rings is 1. The minimum absolute atomic E-state index is 0.211. The van der Waals surface area contributed by atoms with Crippen molar-refractivity contribution in [3.05, 3.63) is 29.1 Å². The second kappa shape index (κ2) is 7.15. The maximum Gasteiger partial charge on any atom is 0.404 e. The molecule has 1 aromatic rings. The van der Waals surface area contributed by atoms with Crippen LogP contribution < -0.4 is 10.2 Å². The molecule has 0 spiro atoms. The van der Waals surface area contributed by atoms with Crippen molar-refractivity contribution in [2.45, 2.75) is 37.7 Å². The molecule has 1 aromatic carbocycles. The quantitative estimate of drug-likeness (QED) is 0.519. The van der Waals surface area contributed by atoms with Gasteiger partial charge < -0.3 is 4.90 Å². The average molecular weight is 481 g/mol. The zero-order valence-electron chi connectivity index (χ0n) is 16.4. The zero-order valence-corrected chi connectivity index (χ0v) is 16.4. The summed E-state index contributed by atoms with van der Waals surface area (Å²) >= 11 is 0. The normalized spacial score (nSPS) is 23.3. The van der Waals surface area contributed by atoms with Crippen molar-refractivity contribution in [3.8, 4) is 0 Å². The molecule has 1 N–H and O–H groups in total. The van der Waals surface area contributed by atoms with Crippen LogP contribution in [-0.4, -0.2) is 60.0 Å². The largest absolute Gasteiger partial charge is 0.404 e. The van der Waals surface area contributed by atoms with Crippen molar-refractivity contribution in [3.63, 3.8) is 0 Å². The Morgan fingerprint density at radius 1 is 0.970 bits per heavy atom. The Bertz CT molecular complexity index is 1070. The van der Waals surface area contributed by atoms with E-state index >= 15 is 0 Å². The van der Waals surface area contributed by atoms with Gasteiger partial charge in [-0.3, -0.25) is 29.4 Å². The van der Waals surface area contributed by atoms with Crippen molar-refractivity contribution in [2.24, 2.45) is 5.41 Å². The van der Waals surface area contributed by atoms with Crippen LogP contribution in [-0.2, 0) is 9.59 Å². The van der Waals surface area contributed by atoms with Gasteiger partial charge in [-0.25, -0.2) is 4.39 Å². The predicted molar refractivity (Wildman–Crippen MR) is 94.4 cm³/mol. The number of amides is 4. The number of fused-ring (bicyclic) bond motifs is 1. The van der Waals surface area contributed by atoms with Crippen molar-refractivity contribution in [1.29, 1.82) is 0 Å². The topological polar surface area (TPSA) is 86.8 Å². The van der Waals surface area contributed by atoms with Crippen LogP contribution in [0, 0.1) is 11.2 Å². The van der Waals surface area contributed by atoms with Crippen molar-refractivity contribution in [1.82, 2.24) is 10.2 Å². The first kappa shape index (κ1) is 23.0. The van der Waals surface area contributed by atoms with E-state index in [1.54, 1.807) is 0 Å². The van der Waals surface area contributed by atoms with Gasteiger partial charge in [-0.1, -0.05) is 0 Å². The number of nitrogens with one attached hydrogen (secondary N) is 1. The molecule has 3 heterocycles. The Kier molecular flexibility index (Phi) is 4.98. The Labute approximate surface area is 180 Å². The highest BCUT2D eigenvalue weighted by Gasteiger charge is 2.72. The number of hydrogen-bond acceptors (Lipinski definition) is 5. The molecular formula is C19H14F7N3O4. The van der Waals surface area contributed by atoms with Gasteiger partial charge in [0.05, 0.1) is 16.8 Å². The Morgan fingerprint density at radius 2 is 1.61 bits per heavy atom. The van der Waals surface area contributed by atoms with Crippen LogP contribution in [0.1, 0.15) is 40.0 Å². The Balaban J connectivity index is 1.75. The van der Waals surface area contributed by atoms with E-state index in [0.29, 0.717) is 15.9 Å². The monoisotopic (exact) mass is 481 g/mol. The lowest BCUT2D eigenvalue weighted by Gasteiger charge is -2.34. The number of nitrogens with zero attached hydrogens (tertiary/aromatic N) is 2. The van der Waals surface area contributed by atoms with E-state index in [4.69, 9.17) is 0 Å². The third-order valence-electron chi connectivity index (χ3n) is 6.20. The molecule has 178 valence electrons. The fourth-order valence-corrected chi connectivity index (χ4v) is 4.45. The molecule has 0 aromatic heterocycles. The second-order valence-corrected chi connectivity index (χ2v) is 8.01. The molecule has 0 radical (unpaired) electrons. The number of halogens is 7. The minimum atomic E-state index is -5.70. The van der Waals surface area contributed by atoms with Crippen LogP contribution in [0.2, 0.25) is 0 Å². The van der Waals surface area contributed by atoms with E-state index < -0.39 is 89.6 Å². The van der Waals surface area contributed by atoms with E-state index in [1.807, 2.05) is 5.32 Å². The standard InChI is InChI=1S/C19H14F7N3O4/c20-9-2-1-8-12(16(33)29(15(8)32)10-3-4-11(30)27-14(10)31)13(9)28-6-5-17(7-28,18(21,22)23)19(24,25)26/h1-2,10H,3-7H2,(H,27,30,31). The molecule has 14 heteroatoms. The third-order valence-corrected chi connectivity index (χ3v) is 6.20. The number of hydrogen-bond donors (Lipinski definition) is 1. The molecule has 1 unspecified atom stereocenters. The van der Waals surface area contributed by atoms with Crippen LogP contribution in [0.3, 0.4) is 0 Å². The van der Waals surface area contributed by atoms with Crippen molar-refractivity contribution >= 4 is 29.3 Å². The van der Waals surface area contributed by atoms with Gasteiger partial charge in [0.1, 0.15) is 11.9 Å². The molecule has 3 aliphatic rings. The lowest BCUT2D eigenvalue weighted by Crippen LogP contribution is -2.54. The number of carbonyl (C=O) groups is 4. The van der Waals surface area contributed by atoms with E-state index in [1.165, 1.54) is 0 Å². The lowest BCUT2D eigenvalue weighted by atomic mass is 9.85. The van der Waals surface area contributed by atoms with Crippen LogP contribution >= 0.6 is 0 Å². The third kappa shape index (κ3) is 3.25. The number of anilines is 1. The van der Waals surface area contributed by atoms with E-state index in [0.717, 1.165) is 6.07 Å². The van der Waals surface area contributed by atoms with E-state index in [9.17, 15) is 49.9 Å². The minimum Gasteiger partial charge on any atom is -0.367 e. The summed E-state index contributed by atoms with van der Waals surface area (Å²) < 4.78 is 95.4. The van der Waals surface area contributed by atoms with Crippen LogP contribution in [0.5, 0.6) is 0 Å². The fourth-order valence-electron chi connectivity index (χ4n) is 4.45. The van der Waals surface area contributed by atoms with Gasteiger partial charge in [-0.05, 0) is 25.0 Å². The molecule has 3 aliphatic heterocycles. The second-order valence-electron chi connectivity index (χ2n) is 8.01. The van der Waals surface area contributed by atoms with Gasteiger partial charge >= 0.3 is 12.4 Å². The zero-order chi connectivity index (χ0) is 24.5. The van der Waals surface area contributed by atoms with Crippen LogP contribution in [0.4, 0.5) is 36.4 Å². The van der Waals surface area contributed by atoms with Crippen molar-refractivity contribution in [2.75, 3.05) is 18.0 Å². The number of benzene rings is 1. The van der Waals surface area contributed by atoms with Gasteiger partial charge in [0.15, 0.2) is 5.41 Å². The summed E-state index contributed by atoms with van der Waals surface area (Å²) in [5.41, 5.74) is -6.19. The maximum atomic E-state index is 14.7. The molecule has 2 fully saturated rings. The number of imide groups is 2. The lowest BCUT2D eigenvalue weighted by molar-refractivity contribution is -0.332. The first-order valence-corrected chi connectivity index (χ1v) is 9.62. The summed E-state index contributed by atoms with van der Waals surface area (Å²) in [6, 6.07) is 0.0973. The molecule has 4 rings (SSSR count). The summed E-state index contributed by atoms with van der Waals surface area (Å²) in [4.78, 5) is 50.2. The van der Waals surface area contributed by atoms with Gasteiger partial charge in [-0.15, -0.1) is 0 Å². The number of carbonyl (C=O) groups excluding carboxylic acids is 4. The Hall–Kier alpha value is -3.19. The van der Waals surface area contributed by atoms with Gasteiger partial charge in [-0.2, -0.15) is 26.3 Å². The highest BCUT2D eigenvalue weighted by atomic mass is 19.4. The first-order valence-electron chi connectivity index (χ1n) is 9.62. The SMILES string of the molecule is O=C1CCC(N2C(=O)c3ccc(F)c(N4CCC(C(F)(F)F)(C(F)(F)F)C4)c3C2=O)C(=O)N1. The van der Waals surface area contributed by atoms with Crippen molar-refractivity contribution < 1.29 is 49.9 Å². The molecule has 0 bridgehead atoms. The summed E-state index contributed by atoms with van der Waals surface area (Å²) in [5.74, 6) is -5.22. The fraction of sp³-hybridized carbons (Fsp3) is 0.474. The summed E-state index contributed by atoms with van der Waals surface area (Å²) in [5, 5.41) is 1.94. The van der Waals surface area contributed by atoms with E-state index in [-0.39, 0.29) is 12.8 Å². The predicted octanol–water partition coefficient (Wildman–Crippen LogP) is 2.55. The highest BCUT2D eigenvalue weighted by Crippen LogP contribution is 2.56. The first-order chi connectivity index (χ1) is 15.2. The van der Waals surface area contributed by atoms with Crippen LogP contribution in [0.15, 0.2) is 12.1 Å². The molecule has 0 saturated carbocycles. The highest BCUT2D eigenvalue weighted by molar-refractivity contribution is 6.25. The number of rotatable bonds is 2. The molecule has 0 aliphatic carbocycles. The number of alkyl halides is 6. The molecule has 7 nitrogen and oxygen atoms in total. The summed E-state index contributed by atoms with van der Waals surface area (Å²) in [6.45, 7) is -2.58. The van der Waals surface area contributed by atoms with Gasteiger partial charge in [0, 0.05) is 19.5 Å². The van der Waals surface area contributed by atoms with Gasteiger partial charge in [0.25, 0.3) is 11.8 Å². The van der Waals surface area contributed by atoms with E-state index in [2.05, 4.69) is 0 Å². The molecule has 2 saturated heterocycles. The maximum absolute atomic E-state index is 14.7. The summed E-state index contributed by atoms with van der Waals surface area (Å²) in [6.07, 6.45) is -13.3. The summed E-state index contributed by atoms with van der Waals surface area (Å²) in [7, 11) is 0. The average Bonchev–Trinajstić information content (AvgIpc) is 3.24. The molecule has 33 heavy (non-hydrogen) atoms. The van der Waals surface area contributed by atoms with Gasteiger partial charge in [0.2, 0.25) is 11.8 Å². The smallest absolute Gasteiger partial charge is 0.367 e. The molecular weight excluding hydrogens is 467 g/mol. The molecule has 4 amide bonds. The molecule has 1 atom stereocenters.